The monoisotopic (exact) mass is 435 g/mol. The lowest BCUT2D eigenvalue weighted by molar-refractivity contribution is -0.141. The number of rotatable bonds is 8. The third kappa shape index (κ3) is 3.95. The zero-order chi connectivity index (χ0) is 22.7. The smallest absolute Gasteiger partial charge is 0.325 e. The normalized spacial score (nSPS) is 16.3. The van der Waals surface area contributed by atoms with Gasteiger partial charge in [0.2, 0.25) is 5.91 Å². The summed E-state index contributed by atoms with van der Waals surface area (Å²) in [6.45, 7) is 0.335. The first-order valence-corrected chi connectivity index (χ1v) is 10.7. The van der Waals surface area contributed by atoms with Crippen LogP contribution in [0.15, 0.2) is 48.5 Å². The van der Waals surface area contributed by atoms with Crippen molar-refractivity contribution in [3.8, 4) is 0 Å². The van der Waals surface area contributed by atoms with Gasteiger partial charge in [-0.15, -0.1) is 0 Å². The predicted molar refractivity (Wildman–Crippen MR) is 117 cm³/mol. The van der Waals surface area contributed by atoms with Crippen LogP contribution in [0, 0.1) is 0 Å². The van der Waals surface area contributed by atoms with Crippen LogP contribution < -0.4 is 10.2 Å². The zero-order valence-electron chi connectivity index (χ0n) is 17.9. The van der Waals surface area contributed by atoms with Crippen molar-refractivity contribution in [1.29, 1.82) is 0 Å². The predicted octanol–water partition coefficient (Wildman–Crippen LogP) is 2.65. The highest BCUT2D eigenvalue weighted by Crippen LogP contribution is 2.45. The average molecular weight is 435 g/mol. The van der Waals surface area contributed by atoms with E-state index >= 15 is 0 Å². The summed E-state index contributed by atoms with van der Waals surface area (Å²) < 4.78 is 4.49. The number of hydrogen-bond donors (Lipinski definition) is 1. The summed E-state index contributed by atoms with van der Waals surface area (Å²) in [5, 5.41) is 2.52. The number of carbonyl (C=O) groups excluding carboxylic acids is 4. The van der Waals surface area contributed by atoms with Crippen LogP contribution in [0.5, 0.6) is 0 Å². The molecule has 0 bridgehead atoms. The van der Waals surface area contributed by atoms with Crippen LogP contribution in [-0.2, 0) is 14.3 Å². The summed E-state index contributed by atoms with van der Waals surface area (Å²) in [6.07, 6.45) is 1.91. The summed E-state index contributed by atoms with van der Waals surface area (Å²) >= 11 is 0. The number of hydrogen-bond acceptors (Lipinski definition) is 5. The maximum atomic E-state index is 13.3. The third-order valence-electron chi connectivity index (χ3n) is 5.84. The molecule has 2 aromatic carbocycles. The van der Waals surface area contributed by atoms with E-state index in [0.29, 0.717) is 42.6 Å². The molecular formula is C24H25N3O5. The number of nitrogens with zero attached hydrogens (tertiary/aromatic N) is 2. The maximum absolute atomic E-state index is 13.3. The van der Waals surface area contributed by atoms with Gasteiger partial charge in [0.05, 0.1) is 18.4 Å². The van der Waals surface area contributed by atoms with Gasteiger partial charge in [0.25, 0.3) is 11.8 Å². The highest BCUT2D eigenvalue weighted by atomic mass is 16.5. The number of amides is 3. The molecule has 2 heterocycles. The van der Waals surface area contributed by atoms with Crippen LogP contribution in [0.3, 0.4) is 0 Å². The number of benzene rings is 2. The van der Waals surface area contributed by atoms with Crippen molar-refractivity contribution >= 4 is 29.4 Å². The Bertz CT molecular complexity index is 1070. The molecule has 8 nitrogen and oxygen atoms in total. The van der Waals surface area contributed by atoms with Gasteiger partial charge in [0, 0.05) is 24.1 Å². The number of esters is 1. The van der Waals surface area contributed by atoms with Gasteiger partial charge in [0.1, 0.15) is 12.7 Å². The molecule has 0 saturated heterocycles. The lowest BCUT2D eigenvalue weighted by atomic mass is 10.0. The number of fused-ring (bicyclic) bond motifs is 5. The summed E-state index contributed by atoms with van der Waals surface area (Å²) in [4.78, 5) is 52.8. The molecule has 3 amide bonds. The first-order chi connectivity index (χ1) is 15.5. The second-order valence-electron chi connectivity index (χ2n) is 7.82. The van der Waals surface area contributed by atoms with Crippen molar-refractivity contribution in [3.05, 3.63) is 65.2 Å². The van der Waals surface area contributed by atoms with E-state index < -0.39 is 12.1 Å². The average Bonchev–Trinajstić information content (AvgIpc) is 3.12. The molecule has 8 heteroatoms. The Hall–Kier alpha value is -3.68. The Morgan fingerprint density at radius 2 is 1.66 bits per heavy atom. The van der Waals surface area contributed by atoms with Crippen LogP contribution in [0.25, 0.3) is 0 Å². The fraction of sp³-hybridized carbons (Fsp3) is 0.333. The van der Waals surface area contributed by atoms with Crippen molar-refractivity contribution in [1.82, 2.24) is 10.2 Å². The minimum absolute atomic E-state index is 0.0952. The van der Waals surface area contributed by atoms with Gasteiger partial charge in [-0.25, -0.2) is 0 Å². The first kappa shape index (κ1) is 21.5. The molecule has 2 aliphatic heterocycles. The first-order valence-electron chi connectivity index (χ1n) is 10.7. The van der Waals surface area contributed by atoms with Crippen LogP contribution in [-0.4, -0.2) is 48.8 Å². The van der Waals surface area contributed by atoms with Crippen LogP contribution in [0.4, 0.5) is 5.69 Å². The largest absolute Gasteiger partial charge is 0.468 e. The van der Waals surface area contributed by atoms with Crippen molar-refractivity contribution in [2.45, 2.75) is 31.8 Å². The highest BCUT2D eigenvalue weighted by Gasteiger charge is 2.47. The van der Waals surface area contributed by atoms with E-state index in [0.717, 1.165) is 12.0 Å². The molecule has 0 aromatic heterocycles. The van der Waals surface area contributed by atoms with Gasteiger partial charge >= 0.3 is 5.97 Å². The minimum atomic E-state index is -0.488. The van der Waals surface area contributed by atoms with Crippen molar-refractivity contribution < 1.29 is 23.9 Å². The number of anilines is 1. The van der Waals surface area contributed by atoms with Gasteiger partial charge in [-0.2, -0.15) is 0 Å². The molecule has 2 aliphatic rings. The molecule has 0 unspecified atom stereocenters. The quantitative estimate of drug-likeness (QED) is 0.508. The summed E-state index contributed by atoms with van der Waals surface area (Å²) in [6, 6.07) is 14.6. The molecule has 0 spiro atoms. The van der Waals surface area contributed by atoms with Gasteiger partial charge in [-0.3, -0.25) is 24.1 Å². The minimum Gasteiger partial charge on any atom is -0.468 e. The van der Waals surface area contributed by atoms with E-state index in [1.165, 1.54) is 7.11 Å². The Balaban J connectivity index is 1.42. The summed E-state index contributed by atoms with van der Waals surface area (Å²) in [7, 11) is 1.27. The zero-order valence-corrected chi connectivity index (χ0v) is 17.9. The molecule has 32 heavy (non-hydrogen) atoms. The molecule has 0 fully saturated rings. The number of unbranched alkanes of at least 4 members (excludes halogenated alkanes) is 2. The van der Waals surface area contributed by atoms with Gasteiger partial charge < -0.3 is 15.0 Å². The maximum Gasteiger partial charge on any atom is 0.325 e. The van der Waals surface area contributed by atoms with Gasteiger partial charge in [-0.05, 0) is 31.0 Å². The summed E-state index contributed by atoms with van der Waals surface area (Å²) in [5.74, 6) is -0.891. The molecule has 0 radical (unpaired) electrons. The van der Waals surface area contributed by atoms with Gasteiger partial charge in [-0.1, -0.05) is 36.8 Å². The van der Waals surface area contributed by atoms with E-state index in [2.05, 4.69) is 10.1 Å². The van der Waals surface area contributed by atoms with E-state index in [-0.39, 0.29) is 24.3 Å². The lowest BCUT2D eigenvalue weighted by Gasteiger charge is -2.41. The van der Waals surface area contributed by atoms with E-state index in [1.54, 1.807) is 28.0 Å². The third-order valence-corrected chi connectivity index (χ3v) is 5.84. The standard InChI is InChI=1S/C24H25N3O5/c1-32-21(29)15-25-20(28)13-3-2-8-14-26-22-16-9-4-5-10-17(16)24(31)27(22)19-12-7-6-11-18(19)23(26)30/h4-7,9-12,22H,2-3,8,13-15H2,1H3,(H,25,28)/t22-/m1/s1. The fourth-order valence-electron chi connectivity index (χ4n) is 4.28. The van der Waals surface area contributed by atoms with Crippen molar-refractivity contribution in [2.75, 3.05) is 25.1 Å². The number of nitrogens with one attached hydrogen (secondary N) is 1. The summed E-state index contributed by atoms with van der Waals surface area (Å²) in [5.41, 5.74) is 2.62. The number of para-hydroxylation sites is 1. The molecule has 1 N–H and O–H groups in total. The Morgan fingerprint density at radius 1 is 0.938 bits per heavy atom. The molecule has 1 atom stereocenters. The lowest BCUT2D eigenvalue weighted by Crippen LogP contribution is -2.48. The van der Waals surface area contributed by atoms with Crippen LogP contribution >= 0.6 is 0 Å². The molecule has 4 rings (SSSR count). The molecule has 2 aromatic rings. The fourth-order valence-corrected chi connectivity index (χ4v) is 4.28. The van der Waals surface area contributed by atoms with Crippen LogP contribution in [0.1, 0.15) is 58.1 Å². The SMILES string of the molecule is COC(=O)CNC(=O)CCCCCN1C(=O)c2ccccc2N2C(=O)c3ccccc3[C@H]12. The number of ether oxygens (including phenoxy) is 1. The Kier molecular flexibility index (Phi) is 6.20. The van der Waals surface area contributed by atoms with E-state index in [4.69, 9.17) is 0 Å². The second-order valence-corrected chi connectivity index (χ2v) is 7.82. The Morgan fingerprint density at radius 3 is 2.44 bits per heavy atom. The van der Waals surface area contributed by atoms with Crippen molar-refractivity contribution in [2.24, 2.45) is 0 Å². The Labute approximate surface area is 186 Å². The molecule has 0 aliphatic carbocycles. The van der Waals surface area contributed by atoms with Crippen molar-refractivity contribution in [3.63, 3.8) is 0 Å². The van der Waals surface area contributed by atoms with E-state index in [9.17, 15) is 19.2 Å². The van der Waals surface area contributed by atoms with Gasteiger partial charge in [0.15, 0.2) is 0 Å². The number of methoxy groups -OCH3 is 1. The number of carbonyl (C=O) groups is 4. The molecule has 0 saturated carbocycles. The topological polar surface area (TPSA) is 96.0 Å². The second kappa shape index (κ2) is 9.21. The highest BCUT2D eigenvalue weighted by molar-refractivity contribution is 6.16. The van der Waals surface area contributed by atoms with Crippen LogP contribution in [0.2, 0.25) is 0 Å². The van der Waals surface area contributed by atoms with E-state index in [1.807, 2.05) is 30.3 Å². The molecule has 166 valence electrons. The molecular weight excluding hydrogens is 410 g/mol.